The summed E-state index contributed by atoms with van der Waals surface area (Å²) in [5, 5.41) is 2.94. The maximum absolute atomic E-state index is 13.0. The Labute approximate surface area is 165 Å². The van der Waals surface area contributed by atoms with Crippen molar-refractivity contribution in [3.63, 3.8) is 0 Å². The van der Waals surface area contributed by atoms with Crippen LogP contribution in [-0.4, -0.2) is 40.2 Å². The molecular weight excluding hydrogens is 380 g/mol. The SMILES string of the molecule is COc1ccccc1NS(=O)(=O)c1cc(C(=O)NC2(C)CCOC2)ccc1C. The topological polar surface area (TPSA) is 93.7 Å². The number of anilines is 1. The van der Waals surface area contributed by atoms with E-state index in [1.54, 1.807) is 43.3 Å². The zero-order valence-electron chi connectivity index (χ0n) is 16.1. The van der Waals surface area contributed by atoms with Gasteiger partial charge in [0.1, 0.15) is 5.75 Å². The van der Waals surface area contributed by atoms with E-state index in [2.05, 4.69) is 10.0 Å². The number of methoxy groups -OCH3 is 1. The number of para-hydroxylation sites is 2. The third-order valence-corrected chi connectivity index (χ3v) is 6.23. The van der Waals surface area contributed by atoms with Crippen LogP contribution in [0.4, 0.5) is 5.69 Å². The highest BCUT2D eigenvalue weighted by atomic mass is 32.2. The van der Waals surface area contributed by atoms with Crippen molar-refractivity contribution in [3.05, 3.63) is 53.6 Å². The van der Waals surface area contributed by atoms with Crippen LogP contribution in [-0.2, 0) is 14.8 Å². The molecule has 1 aliphatic heterocycles. The molecule has 3 rings (SSSR count). The Morgan fingerprint density at radius 2 is 1.96 bits per heavy atom. The molecular formula is C20H24N2O5S. The van der Waals surface area contributed by atoms with Gasteiger partial charge in [-0.25, -0.2) is 8.42 Å². The van der Waals surface area contributed by atoms with E-state index in [9.17, 15) is 13.2 Å². The van der Waals surface area contributed by atoms with Crippen LogP contribution in [0.1, 0.15) is 29.3 Å². The van der Waals surface area contributed by atoms with Crippen LogP contribution < -0.4 is 14.8 Å². The Morgan fingerprint density at radius 1 is 1.21 bits per heavy atom. The van der Waals surface area contributed by atoms with Gasteiger partial charge in [0.15, 0.2) is 0 Å². The van der Waals surface area contributed by atoms with Crippen molar-refractivity contribution in [3.8, 4) is 5.75 Å². The van der Waals surface area contributed by atoms with Crippen LogP contribution in [0.2, 0.25) is 0 Å². The van der Waals surface area contributed by atoms with Crippen LogP contribution in [0.5, 0.6) is 5.75 Å². The molecule has 0 saturated carbocycles. The minimum Gasteiger partial charge on any atom is -0.495 e. The second-order valence-corrected chi connectivity index (χ2v) is 8.75. The highest BCUT2D eigenvalue weighted by Crippen LogP contribution is 2.28. The summed E-state index contributed by atoms with van der Waals surface area (Å²) in [6.45, 7) is 4.62. The Morgan fingerprint density at radius 3 is 2.64 bits per heavy atom. The van der Waals surface area contributed by atoms with Crippen molar-refractivity contribution in [2.24, 2.45) is 0 Å². The summed E-state index contributed by atoms with van der Waals surface area (Å²) < 4.78 is 39.0. The molecule has 8 heteroatoms. The van der Waals surface area contributed by atoms with Gasteiger partial charge in [0.25, 0.3) is 15.9 Å². The van der Waals surface area contributed by atoms with Gasteiger partial charge < -0.3 is 14.8 Å². The zero-order chi connectivity index (χ0) is 20.4. The first-order valence-corrected chi connectivity index (χ1v) is 10.4. The van der Waals surface area contributed by atoms with Crippen molar-refractivity contribution in [1.29, 1.82) is 0 Å². The number of benzene rings is 2. The molecule has 2 N–H and O–H groups in total. The van der Waals surface area contributed by atoms with E-state index in [-0.39, 0.29) is 16.4 Å². The lowest BCUT2D eigenvalue weighted by molar-refractivity contribution is 0.0889. The number of carbonyl (C=O) groups is 1. The van der Waals surface area contributed by atoms with E-state index in [4.69, 9.17) is 9.47 Å². The van der Waals surface area contributed by atoms with E-state index in [0.29, 0.717) is 36.6 Å². The van der Waals surface area contributed by atoms with Gasteiger partial charge in [-0.05, 0) is 50.1 Å². The van der Waals surface area contributed by atoms with Gasteiger partial charge >= 0.3 is 0 Å². The van der Waals surface area contributed by atoms with Crippen molar-refractivity contribution >= 4 is 21.6 Å². The standard InChI is InChI=1S/C20H24N2O5S/c1-14-8-9-15(19(23)21-20(2)10-11-27-13-20)12-18(14)28(24,25)22-16-6-4-5-7-17(16)26-3/h4-9,12,22H,10-11,13H2,1-3H3,(H,21,23). The molecule has 1 amide bonds. The van der Waals surface area contributed by atoms with Crippen molar-refractivity contribution in [2.75, 3.05) is 25.0 Å². The first-order chi connectivity index (χ1) is 13.2. The fraction of sp³-hybridized carbons (Fsp3) is 0.350. The monoisotopic (exact) mass is 404 g/mol. The zero-order valence-corrected chi connectivity index (χ0v) is 16.9. The van der Waals surface area contributed by atoms with Gasteiger partial charge in [0.2, 0.25) is 0 Å². The molecule has 1 atom stereocenters. The lowest BCUT2D eigenvalue weighted by atomic mass is 10.0. The number of amides is 1. The summed E-state index contributed by atoms with van der Waals surface area (Å²) >= 11 is 0. The maximum Gasteiger partial charge on any atom is 0.262 e. The lowest BCUT2D eigenvalue weighted by Crippen LogP contribution is -2.46. The maximum atomic E-state index is 13.0. The van der Waals surface area contributed by atoms with Crippen molar-refractivity contribution < 1.29 is 22.7 Å². The Kier molecular flexibility index (Phi) is 5.62. The second-order valence-electron chi connectivity index (χ2n) is 7.10. The summed E-state index contributed by atoms with van der Waals surface area (Å²) in [5.41, 5.74) is 0.694. The Bertz CT molecular complexity index is 982. The first-order valence-electron chi connectivity index (χ1n) is 8.91. The second kappa shape index (κ2) is 7.81. The van der Waals surface area contributed by atoms with Crippen LogP contribution in [0, 0.1) is 6.92 Å². The van der Waals surface area contributed by atoms with Crippen LogP contribution in [0.25, 0.3) is 0 Å². The molecule has 2 aromatic rings. The molecule has 0 aliphatic carbocycles. The number of hydrogen-bond acceptors (Lipinski definition) is 5. The normalized spacial score (nSPS) is 19.2. The summed E-state index contributed by atoms with van der Waals surface area (Å²) in [4.78, 5) is 12.7. The van der Waals surface area contributed by atoms with Gasteiger partial charge in [0.05, 0.1) is 29.8 Å². The molecule has 1 saturated heterocycles. The van der Waals surface area contributed by atoms with Crippen LogP contribution in [0.3, 0.4) is 0 Å². The highest BCUT2D eigenvalue weighted by Gasteiger charge is 2.32. The summed E-state index contributed by atoms with van der Waals surface area (Å²) in [6, 6.07) is 11.4. The average Bonchev–Trinajstić information content (AvgIpc) is 3.08. The van der Waals surface area contributed by atoms with E-state index in [0.717, 1.165) is 0 Å². The third-order valence-electron chi connectivity index (χ3n) is 4.73. The van der Waals surface area contributed by atoms with Crippen LogP contribution >= 0.6 is 0 Å². The molecule has 1 aliphatic rings. The lowest BCUT2D eigenvalue weighted by Gasteiger charge is -2.23. The van der Waals surface area contributed by atoms with Crippen LogP contribution in [0.15, 0.2) is 47.4 Å². The fourth-order valence-electron chi connectivity index (χ4n) is 3.07. The molecule has 0 bridgehead atoms. The van der Waals surface area contributed by atoms with Gasteiger partial charge in [-0.2, -0.15) is 0 Å². The quantitative estimate of drug-likeness (QED) is 0.772. The fourth-order valence-corrected chi connectivity index (χ4v) is 4.41. The number of nitrogens with one attached hydrogen (secondary N) is 2. The molecule has 1 heterocycles. The molecule has 2 aromatic carbocycles. The molecule has 1 unspecified atom stereocenters. The van der Waals surface area contributed by atoms with E-state index < -0.39 is 15.6 Å². The number of rotatable bonds is 6. The average molecular weight is 404 g/mol. The molecule has 0 radical (unpaired) electrons. The molecule has 28 heavy (non-hydrogen) atoms. The van der Waals surface area contributed by atoms with Gasteiger partial charge in [-0.1, -0.05) is 18.2 Å². The third kappa shape index (κ3) is 4.28. The minimum absolute atomic E-state index is 0.0406. The van der Waals surface area contributed by atoms with Crippen molar-refractivity contribution in [2.45, 2.75) is 30.7 Å². The summed E-state index contributed by atoms with van der Waals surface area (Å²) in [5.74, 6) is 0.0773. The molecule has 0 aromatic heterocycles. The van der Waals surface area contributed by atoms with Crippen molar-refractivity contribution in [1.82, 2.24) is 5.32 Å². The van der Waals surface area contributed by atoms with Gasteiger partial charge in [0, 0.05) is 12.2 Å². The molecule has 150 valence electrons. The van der Waals surface area contributed by atoms with E-state index >= 15 is 0 Å². The largest absolute Gasteiger partial charge is 0.495 e. The minimum atomic E-state index is -3.91. The van der Waals surface area contributed by atoms with Gasteiger partial charge in [-0.3, -0.25) is 9.52 Å². The van der Waals surface area contributed by atoms with E-state index in [1.165, 1.54) is 13.2 Å². The first kappa shape index (κ1) is 20.2. The summed E-state index contributed by atoms with van der Waals surface area (Å²) in [6.07, 6.45) is 0.713. The predicted octanol–water partition coefficient (Wildman–Crippen LogP) is 2.71. The molecule has 0 spiro atoms. The van der Waals surface area contributed by atoms with E-state index in [1.807, 2.05) is 6.92 Å². The summed E-state index contributed by atoms with van der Waals surface area (Å²) in [7, 11) is -2.44. The number of ether oxygens (including phenoxy) is 2. The number of sulfonamides is 1. The number of aryl methyl sites for hydroxylation is 1. The Hall–Kier alpha value is -2.58. The smallest absolute Gasteiger partial charge is 0.262 e. The van der Waals surface area contributed by atoms with Gasteiger partial charge in [-0.15, -0.1) is 0 Å². The Balaban J connectivity index is 1.89. The molecule has 1 fully saturated rings. The highest BCUT2D eigenvalue weighted by molar-refractivity contribution is 7.92. The molecule has 7 nitrogen and oxygen atoms in total. The predicted molar refractivity (Wildman–Crippen MR) is 106 cm³/mol. The number of hydrogen-bond donors (Lipinski definition) is 2. The number of carbonyl (C=O) groups excluding carboxylic acids is 1.